The third-order valence-electron chi connectivity index (χ3n) is 6.48. The summed E-state index contributed by atoms with van der Waals surface area (Å²) in [7, 11) is 4.79. The molecule has 5 rings (SSSR count). The van der Waals surface area contributed by atoms with Crippen molar-refractivity contribution in [2.75, 3.05) is 27.9 Å². The van der Waals surface area contributed by atoms with Crippen LogP contribution in [0.1, 0.15) is 33.2 Å². The Labute approximate surface area is 208 Å². The first kappa shape index (κ1) is 23.4. The van der Waals surface area contributed by atoms with Gasteiger partial charge in [-0.1, -0.05) is 18.2 Å². The molecule has 0 aliphatic carbocycles. The number of nitrogens with one attached hydrogen (secondary N) is 1. The van der Waals surface area contributed by atoms with E-state index in [0.29, 0.717) is 41.4 Å². The van der Waals surface area contributed by atoms with E-state index < -0.39 is 6.04 Å². The molecule has 3 aromatic carbocycles. The average Bonchev–Trinajstić information content (AvgIpc) is 3.45. The van der Waals surface area contributed by atoms with Crippen molar-refractivity contribution in [3.8, 4) is 28.5 Å². The van der Waals surface area contributed by atoms with Crippen molar-refractivity contribution in [2.24, 2.45) is 0 Å². The molecule has 0 saturated heterocycles. The molecule has 8 heteroatoms. The smallest absolute Gasteiger partial charge is 0.273 e. The first-order chi connectivity index (χ1) is 17.5. The summed E-state index contributed by atoms with van der Waals surface area (Å²) in [5.41, 5.74) is 4.33. The molecular weight excluding hydrogens is 461 g/mol. The zero-order valence-electron chi connectivity index (χ0n) is 20.2. The second-order valence-corrected chi connectivity index (χ2v) is 8.48. The molecule has 1 aliphatic rings. The van der Waals surface area contributed by atoms with Crippen LogP contribution in [0.25, 0.3) is 11.3 Å². The molecule has 1 atom stereocenters. The lowest BCUT2D eigenvalue weighted by atomic mass is 9.95. The minimum Gasteiger partial charge on any atom is -0.497 e. The monoisotopic (exact) mass is 487 g/mol. The lowest BCUT2D eigenvalue weighted by Crippen LogP contribution is -2.31. The number of rotatable bonds is 8. The first-order valence-corrected chi connectivity index (χ1v) is 11.5. The van der Waals surface area contributed by atoms with E-state index in [2.05, 4.69) is 10.2 Å². The maximum Gasteiger partial charge on any atom is 0.273 e. The van der Waals surface area contributed by atoms with Gasteiger partial charge < -0.3 is 19.1 Å². The summed E-state index contributed by atoms with van der Waals surface area (Å²) in [6.45, 7) is 0.417. The molecule has 184 valence electrons. The van der Waals surface area contributed by atoms with Crippen molar-refractivity contribution in [1.82, 2.24) is 15.1 Å². The number of hydrogen-bond donors (Lipinski definition) is 1. The lowest BCUT2D eigenvalue weighted by Gasteiger charge is -2.26. The second-order valence-electron chi connectivity index (χ2n) is 8.48. The Bertz CT molecular complexity index is 1400. The van der Waals surface area contributed by atoms with Crippen molar-refractivity contribution < 1.29 is 23.4 Å². The van der Waals surface area contributed by atoms with Gasteiger partial charge in [-0.05, 0) is 66.1 Å². The third-order valence-corrected chi connectivity index (χ3v) is 6.48. The third kappa shape index (κ3) is 4.15. The van der Waals surface area contributed by atoms with Crippen LogP contribution in [0.5, 0.6) is 17.2 Å². The Hall–Kier alpha value is -4.33. The second kappa shape index (κ2) is 9.73. The Morgan fingerprint density at radius 3 is 2.42 bits per heavy atom. The Balaban J connectivity index is 1.52. The van der Waals surface area contributed by atoms with Crippen molar-refractivity contribution in [1.29, 1.82) is 0 Å². The molecule has 2 heterocycles. The highest BCUT2D eigenvalue weighted by Gasteiger charge is 2.42. The first-order valence-electron chi connectivity index (χ1n) is 11.5. The molecule has 1 amide bonds. The Morgan fingerprint density at radius 1 is 0.944 bits per heavy atom. The average molecular weight is 488 g/mol. The van der Waals surface area contributed by atoms with E-state index in [1.54, 1.807) is 32.3 Å². The molecule has 0 radical (unpaired) electrons. The predicted octanol–water partition coefficient (Wildman–Crippen LogP) is 5.03. The minimum absolute atomic E-state index is 0.174. The van der Waals surface area contributed by atoms with Gasteiger partial charge in [0, 0.05) is 17.7 Å². The number of hydrogen-bond acceptors (Lipinski definition) is 5. The summed E-state index contributed by atoms with van der Waals surface area (Å²) in [5, 5.41) is 7.41. The highest BCUT2D eigenvalue weighted by molar-refractivity contribution is 6.00. The molecule has 0 saturated carbocycles. The molecule has 1 aromatic heterocycles. The van der Waals surface area contributed by atoms with Gasteiger partial charge in [-0.25, -0.2) is 4.39 Å². The molecule has 0 fully saturated rings. The molecule has 1 aliphatic heterocycles. The Kier molecular flexibility index (Phi) is 6.33. The fraction of sp³-hybridized carbons (Fsp3) is 0.214. The summed E-state index contributed by atoms with van der Waals surface area (Å²) in [4.78, 5) is 15.3. The molecule has 7 nitrogen and oxygen atoms in total. The summed E-state index contributed by atoms with van der Waals surface area (Å²) in [5.74, 6) is 1.46. The van der Waals surface area contributed by atoms with Crippen LogP contribution in [-0.2, 0) is 6.42 Å². The maximum atomic E-state index is 14.3. The van der Waals surface area contributed by atoms with E-state index in [1.807, 2.05) is 48.5 Å². The van der Waals surface area contributed by atoms with Gasteiger partial charge in [0.25, 0.3) is 5.91 Å². The van der Waals surface area contributed by atoms with Gasteiger partial charge in [-0.2, -0.15) is 5.10 Å². The van der Waals surface area contributed by atoms with Gasteiger partial charge in [0.2, 0.25) is 0 Å². The van der Waals surface area contributed by atoms with Gasteiger partial charge in [0.05, 0.1) is 33.1 Å². The number of methoxy groups -OCH3 is 3. The predicted molar refractivity (Wildman–Crippen MR) is 133 cm³/mol. The zero-order chi connectivity index (χ0) is 25.2. The zero-order valence-corrected chi connectivity index (χ0v) is 20.2. The van der Waals surface area contributed by atoms with Crippen molar-refractivity contribution in [3.63, 3.8) is 0 Å². The standard InChI is InChI=1S/C28H26FN3O4/c1-34-21-10-8-18(9-11-21)25-24-26(31-30-25)28(33)32(27(24)19-5-4-6-20(29)16-19)14-13-17-7-12-22(35-2)23(15-17)36-3/h4-12,15-16,27H,13-14H2,1-3H3,(H,30,31). The van der Waals surface area contributed by atoms with Crippen LogP contribution in [0.4, 0.5) is 4.39 Å². The number of nitrogens with zero attached hydrogens (tertiary/aromatic N) is 2. The van der Waals surface area contributed by atoms with Gasteiger partial charge in [-0.3, -0.25) is 9.89 Å². The quantitative estimate of drug-likeness (QED) is 0.377. The van der Waals surface area contributed by atoms with Crippen LogP contribution < -0.4 is 14.2 Å². The van der Waals surface area contributed by atoms with E-state index in [4.69, 9.17) is 14.2 Å². The fourth-order valence-corrected chi connectivity index (χ4v) is 4.71. The van der Waals surface area contributed by atoms with Crippen molar-refractivity contribution in [2.45, 2.75) is 12.5 Å². The number of benzene rings is 3. The molecule has 4 aromatic rings. The van der Waals surface area contributed by atoms with Crippen LogP contribution in [0.3, 0.4) is 0 Å². The summed E-state index contributed by atoms with van der Waals surface area (Å²) < 4.78 is 30.3. The van der Waals surface area contributed by atoms with Gasteiger partial charge >= 0.3 is 0 Å². The number of amides is 1. The van der Waals surface area contributed by atoms with Crippen LogP contribution in [0.2, 0.25) is 0 Å². The number of ether oxygens (including phenoxy) is 3. The molecule has 0 spiro atoms. The van der Waals surface area contributed by atoms with Gasteiger partial charge in [0.1, 0.15) is 17.3 Å². The topological polar surface area (TPSA) is 76.7 Å². The number of halogens is 1. The summed E-state index contributed by atoms with van der Waals surface area (Å²) in [6.07, 6.45) is 0.577. The van der Waals surface area contributed by atoms with Crippen LogP contribution >= 0.6 is 0 Å². The van der Waals surface area contributed by atoms with E-state index in [0.717, 1.165) is 22.4 Å². The number of fused-ring (bicyclic) bond motifs is 1. The number of aromatic amines is 1. The highest BCUT2D eigenvalue weighted by atomic mass is 19.1. The number of carbonyl (C=O) groups excluding carboxylic acids is 1. The normalized spacial score (nSPS) is 14.6. The summed E-state index contributed by atoms with van der Waals surface area (Å²) in [6, 6.07) is 19.1. The van der Waals surface area contributed by atoms with Crippen LogP contribution in [0.15, 0.2) is 66.7 Å². The molecular formula is C28H26FN3O4. The molecule has 1 N–H and O–H groups in total. The van der Waals surface area contributed by atoms with Crippen molar-refractivity contribution in [3.05, 3.63) is 94.9 Å². The number of carbonyl (C=O) groups is 1. The molecule has 36 heavy (non-hydrogen) atoms. The SMILES string of the molecule is COc1ccc(-c2n[nH]c3c2C(c2cccc(F)c2)N(CCc2ccc(OC)c(OC)c2)C3=O)cc1. The fourth-order valence-electron chi connectivity index (χ4n) is 4.71. The lowest BCUT2D eigenvalue weighted by molar-refractivity contribution is 0.0745. The van der Waals surface area contributed by atoms with Gasteiger partial charge in [0.15, 0.2) is 11.5 Å². The van der Waals surface area contributed by atoms with Crippen LogP contribution in [-0.4, -0.2) is 48.9 Å². The highest BCUT2D eigenvalue weighted by Crippen LogP contribution is 2.43. The van der Waals surface area contributed by atoms with Crippen molar-refractivity contribution >= 4 is 5.91 Å². The number of aromatic nitrogens is 2. The van der Waals surface area contributed by atoms with E-state index in [9.17, 15) is 9.18 Å². The largest absolute Gasteiger partial charge is 0.497 e. The molecule has 0 bridgehead atoms. The van der Waals surface area contributed by atoms with E-state index in [1.165, 1.54) is 12.1 Å². The number of H-pyrrole nitrogens is 1. The van der Waals surface area contributed by atoms with E-state index >= 15 is 0 Å². The maximum absolute atomic E-state index is 14.3. The van der Waals surface area contributed by atoms with Crippen LogP contribution in [0, 0.1) is 5.82 Å². The Morgan fingerprint density at radius 2 is 1.72 bits per heavy atom. The van der Waals surface area contributed by atoms with E-state index in [-0.39, 0.29) is 11.7 Å². The molecule has 1 unspecified atom stereocenters. The summed E-state index contributed by atoms with van der Waals surface area (Å²) >= 11 is 0. The minimum atomic E-state index is -0.487. The van der Waals surface area contributed by atoms with Gasteiger partial charge in [-0.15, -0.1) is 0 Å².